The van der Waals surface area contributed by atoms with Gasteiger partial charge in [-0.2, -0.15) is 0 Å². The van der Waals surface area contributed by atoms with Gasteiger partial charge in [0.2, 0.25) is 0 Å². The zero-order chi connectivity index (χ0) is 11.4. The van der Waals surface area contributed by atoms with Crippen LogP contribution in [0.1, 0.15) is 11.1 Å². The highest BCUT2D eigenvalue weighted by Gasteiger charge is 2.06. The van der Waals surface area contributed by atoms with Crippen molar-refractivity contribution >= 4 is 15.9 Å². The van der Waals surface area contributed by atoms with Gasteiger partial charge in [-0.15, -0.1) is 0 Å². The lowest BCUT2D eigenvalue weighted by Crippen LogP contribution is -2.14. The number of benzene rings is 1. The summed E-state index contributed by atoms with van der Waals surface area (Å²) >= 11 is 3.68. The molecule has 0 amide bonds. The summed E-state index contributed by atoms with van der Waals surface area (Å²) in [6, 6.07) is 6.47. The fourth-order valence-electron chi connectivity index (χ4n) is 1.56. The zero-order valence-electron chi connectivity index (χ0n) is 9.92. The maximum Gasteiger partial charge on any atom is 0.0265 e. The highest BCUT2D eigenvalue weighted by atomic mass is 79.9. The third kappa shape index (κ3) is 3.93. The normalized spacial score (nSPS) is 11.4. The van der Waals surface area contributed by atoms with Crippen LogP contribution in [0, 0.1) is 0 Å². The van der Waals surface area contributed by atoms with E-state index in [1.54, 1.807) is 0 Å². The van der Waals surface area contributed by atoms with Crippen molar-refractivity contribution in [2.75, 3.05) is 28.2 Å². The van der Waals surface area contributed by atoms with Gasteiger partial charge in [0.05, 0.1) is 0 Å². The molecular formula is C12H19BrN2. The molecule has 0 heterocycles. The molecule has 0 radical (unpaired) electrons. The lowest BCUT2D eigenvalue weighted by molar-refractivity contribution is 0.394. The maximum atomic E-state index is 3.68. The summed E-state index contributed by atoms with van der Waals surface area (Å²) in [5.41, 5.74) is 2.69. The Labute approximate surface area is 101 Å². The Balaban J connectivity index is 2.90. The minimum absolute atomic E-state index is 0.974. The summed E-state index contributed by atoms with van der Waals surface area (Å²) in [4.78, 5) is 4.36. The van der Waals surface area contributed by atoms with E-state index in [2.05, 4.69) is 72.1 Å². The summed E-state index contributed by atoms with van der Waals surface area (Å²) in [7, 11) is 8.35. The quantitative estimate of drug-likeness (QED) is 0.830. The van der Waals surface area contributed by atoms with Crippen LogP contribution in [-0.4, -0.2) is 38.0 Å². The first kappa shape index (κ1) is 12.7. The number of rotatable bonds is 4. The van der Waals surface area contributed by atoms with E-state index < -0.39 is 0 Å². The molecule has 0 aliphatic rings. The topological polar surface area (TPSA) is 6.48 Å². The summed E-state index contributed by atoms with van der Waals surface area (Å²) < 4.78 is 1.24. The van der Waals surface area contributed by atoms with Crippen LogP contribution in [0.4, 0.5) is 0 Å². The zero-order valence-corrected chi connectivity index (χ0v) is 11.5. The van der Waals surface area contributed by atoms with Gasteiger partial charge in [0.1, 0.15) is 0 Å². The Morgan fingerprint density at radius 1 is 0.933 bits per heavy atom. The molecule has 15 heavy (non-hydrogen) atoms. The molecule has 0 saturated heterocycles. The van der Waals surface area contributed by atoms with Crippen molar-refractivity contribution in [3.8, 4) is 0 Å². The molecule has 0 spiro atoms. The van der Waals surface area contributed by atoms with Crippen LogP contribution in [0.2, 0.25) is 0 Å². The fraction of sp³-hybridized carbons (Fsp3) is 0.500. The smallest absolute Gasteiger partial charge is 0.0265 e. The molecular weight excluding hydrogens is 252 g/mol. The summed E-state index contributed by atoms with van der Waals surface area (Å²) in [5.74, 6) is 0. The second-order valence-corrected chi connectivity index (χ2v) is 5.16. The molecule has 3 heteroatoms. The monoisotopic (exact) mass is 270 g/mol. The van der Waals surface area contributed by atoms with Gasteiger partial charge in [-0.1, -0.05) is 34.1 Å². The molecule has 0 aromatic heterocycles. The van der Waals surface area contributed by atoms with Crippen LogP contribution in [0.15, 0.2) is 22.7 Å². The van der Waals surface area contributed by atoms with Gasteiger partial charge in [0.15, 0.2) is 0 Å². The van der Waals surface area contributed by atoms with E-state index in [1.807, 2.05) is 0 Å². The predicted molar refractivity (Wildman–Crippen MR) is 68.9 cm³/mol. The first-order valence-corrected chi connectivity index (χ1v) is 5.85. The van der Waals surface area contributed by atoms with Gasteiger partial charge < -0.3 is 9.80 Å². The number of nitrogens with zero attached hydrogens (tertiary/aromatic N) is 2. The summed E-state index contributed by atoms with van der Waals surface area (Å²) in [5, 5.41) is 0. The first-order chi connectivity index (χ1) is 7.00. The van der Waals surface area contributed by atoms with E-state index in [0.29, 0.717) is 0 Å². The lowest BCUT2D eigenvalue weighted by atomic mass is 10.1. The molecule has 84 valence electrons. The largest absolute Gasteiger partial charge is 0.305 e. The molecule has 0 bridgehead atoms. The molecule has 0 fully saturated rings. The van der Waals surface area contributed by atoms with Crippen molar-refractivity contribution in [3.63, 3.8) is 0 Å². The predicted octanol–water partition coefficient (Wildman–Crippen LogP) is 2.57. The van der Waals surface area contributed by atoms with Gasteiger partial charge in [0.25, 0.3) is 0 Å². The first-order valence-electron chi connectivity index (χ1n) is 5.06. The molecule has 0 N–H and O–H groups in total. The van der Waals surface area contributed by atoms with E-state index in [-0.39, 0.29) is 0 Å². The van der Waals surface area contributed by atoms with Crippen molar-refractivity contribution in [1.29, 1.82) is 0 Å². The average molecular weight is 271 g/mol. The second-order valence-electron chi connectivity index (χ2n) is 4.37. The molecule has 0 saturated carbocycles. The van der Waals surface area contributed by atoms with Crippen LogP contribution < -0.4 is 0 Å². The SMILES string of the molecule is CN(C)Cc1cccc(CN(C)C)c1Br. The van der Waals surface area contributed by atoms with Crippen LogP contribution in [0.5, 0.6) is 0 Å². The number of hydrogen-bond donors (Lipinski definition) is 0. The van der Waals surface area contributed by atoms with Crippen LogP contribution in [0.25, 0.3) is 0 Å². The molecule has 0 aliphatic heterocycles. The van der Waals surface area contributed by atoms with Crippen molar-refractivity contribution in [2.24, 2.45) is 0 Å². The standard InChI is InChI=1S/C12H19BrN2/c1-14(2)8-10-6-5-7-11(12(10)13)9-15(3)4/h5-7H,8-9H2,1-4H3. The van der Waals surface area contributed by atoms with Gasteiger partial charge in [-0.05, 0) is 39.3 Å². The van der Waals surface area contributed by atoms with Gasteiger partial charge in [0, 0.05) is 17.6 Å². The highest BCUT2D eigenvalue weighted by molar-refractivity contribution is 9.10. The lowest BCUT2D eigenvalue weighted by Gasteiger charge is -2.16. The van der Waals surface area contributed by atoms with Crippen LogP contribution >= 0.6 is 15.9 Å². The molecule has 1 aromatic carbocycles. The van der Waals surface area contributed by atoms with Crippen molar-refractivity contribution in [1.82, 2.24) is 9.80 Å². The number of hydrogen-bond acceptors (Lipinski definition) is 2. The van der Waals surface area contributed by atoms with E-state index in [1.165, 1.54) is 15.6 Å². The molecule has 2 nitrogen and oxygen atoms in total. The van der Waals surface area contributed by atoms with E-state index in [0.717, 1.165) is 13.1 Å². The summed E-state index contributed by atoms with van der Waals surface area (Å²) in [6.45, 7) is 1.95. The van der Waals surface area contributed by atoms with Crippen molar-refractivity contribution in [3.05, 3.63) is 33.8 Å². The molecule has 1 aromatic rings. The molecule has 0 aliphatic carbocycles. The van der Waals surface area contributed by atoms with Crippen LogP contribution in [0.3, 0.4) is 0 Å². The Kier molecular flexibility index (Phi) is 4.77. The Hall–Kier alpha value is -0.380. The Morgan fingerprint density at radius 2 is 1.33 bits per heavy atom. The summed E-state index contributed by atoms with van der Waals surface area (Å²) in [6.07, 6.45) is 0. The van der Waals surface area contributed by atoms with Crippen molar-refractivity contribution < 1.29 is 0 Å². The second kappa shape index (κ2) is 5.64. The van der Waals surface area contributed by atoms with Gasteiger partial charge >= 0.3 is 0 Å². The van der Waals surface area contributed by atoms with Crippen molar-refractivity contribution in [2.45, 2.75) is 13.1 Å². The minimum atomic E-state index is 0.974. The number of halogens is 1. The van der Waals surface area contributed by atoms with E-state index in [4.69, 9.17) is 0 Å². The third-order valence-corrected chi connectivity index (χ3v) is 3.15. The third-order valence-electron chi connectivity index (χ3n) is 2.13. The molecule has 0 atom stereocenters. The maximum absolute atomic E-state index is 3.68. The fourth-order valence-corrected chi connectivity index (χ4v) is 2.07. The van der Waals surface area contributed by atoms with Crippen LogP contribution in [-0.2, 0) is 13.1 Å². The Morgan fingerprint density at radius 3 is 1.67 bits per heavy atom. The van der Waals surface area contributed by atoms with Gasteiger partial charge in [-0.3, -0.25) is 0 Å². The minimum Gasteiger partial charge on any atom is -0.305 e. The highest BCUT2D eigenvalue weighted by Crippen LogP contribution is 2.23. The van der Waals surface area contributed by atoms with E-state index in [9.17, 15) is 0 Å². The average Bonchev–Trinajstić information content (AvgIpc) is 2.10. The Bertz CT molecular complexity index is 293. The molecule has 1 rings (SSSR count). The van der Waals surface area contributed by atoms with E-state index >= 15 is 0 Å². The molecule has 0 unspecified atom stereocenters. The van der Waals surface area contributed by atoms with Gasteiger partial charge in [-0.25, -0.2) is 0 Å².